The van der Waals surface area contributed by atoms with Gasteiger partial charge in [-0.3, -0.25) is 0 Å². The number of nitrogens with zero attached hydrogens (tertiary/aromatic N) is 2. The van der Waals surface area contributed by atoms with E-state index in [1.807, 2.05) is 0 Å². The van der Waals surface area contributed by atoms with E-state index >= 15 is 0 Å². The summed E-state index contributed by atoms with van der Waals surface area (Å²) in [6, 6.07) is 6.45. The van der Waals surface area contributed by atoms with Gasteiger partial charge in [-0.15, -0.1) is 4.40 Å². The molecule has 0 amide bonds. The summed E-state index contributed by atoms with van der Waals surface area (Å²) in [6.07, 6.45) is 0. The summed E-state index contributed by atoms with van der Waals surface area (Å²) >= 11 is 0. The van der Waals surface area contributed by atoms with Crippen LogP contribution < -0.4 is 10.4 Å². The Morgan fingerprint density at radius 3 is 2.60 bits per heavy atom. The molecule has 104 valence electrons. The molecule has 0 spiro atoms. The number of hydrogen-bond acceptors (Lipinski definition) is 6. The SMILES string of the molecule is CN(C)C1=NS(=O)(=O)c2c(c3ccccc3oc2=O)O1. The molecule has 3 rings (SSSR count). The summed E-state index contributed by atoms with van der Waals surface area (Å²) in [5.74, 6) is -0.0458. The molecule has 0 N–H and O–H groups in total. The Kier molecular flexibility index (Phi) is 2.58. The smallest absolute Gasteiger partial charge is 0.361 e. The number of hydrogen-bond donors (Lipinski definition) is 0. The summed E-state index contributed by atoms with van der Waals surface area (Å²) in [7, 11) is -0.963. The molecule has 1 aromatic carbocycles. The van der Waals surface area contributed by atoms with Crippen molar-refractivity contribution in [3.05, 3.63) is 34.7 Å². The fourth-order valence-corrected chi connectivity index (χ4v) is 3.00. The predicted octanol–water partition coefficient (Wildman–Crippen LogP) is 0.792. The molecule has 0 unspecified atom stereocenters. The van der Waals surface area contributed by atoms with Gasteiger partial charge in [-0.25, -0.2) is 4.79 Å². The first-order chi connectivity index (χ1) is 9.40. The molecule has 0 radical (unpaired) electrons. The third-order valence-corrected chi connectivity index (χ3v) is 4.02. The summed E-state index contributed by atoms with van der Waals surface area (Å²) in [5, 5.41) is 0.403. The standard InChI is InChI=1S/C12H10N2O5S/c1-14(2)12-13-20(16,17)10-9(19-12)7-5-3-4-6-8(7)18-11(10)15/h3-6H,1-2H3. The Morgan fingerprint density at radius 1 is 1.20 bits per heavy atom. The van der Waals surface area contributed by atoms with E-state index in [2.05, 4.69) is 4.40 Å². The summed E-state index contributed by atoms with van der Waals surface area (Å²) < 4.78 is 38.1. The summed E-state index contributed by atoms with van der Waals surface area (Å²) in [4.78, 5) is 12.7. The van der Waals surface area contributed by atoms with Gasteiger partial charge in [0.25, 0.3) is 10.0 Å². The van der Waals surface area contributed by atoms with Gasteiger partial charge in [0.05, 0.1) is 5.39 Å². The Morgan fingerprint density at radius 2 is 1.90 bits per heavy atom. The highest BCUT2D eigenvalue weighted by atomic mass is 32.2. The Balaban J connectivity index is 2.44. The Labute approximate surface area is 114 Å². The molecule has 0 bridgehead atoms. The highest BCUT2D eigenvalue weighted by molar-refractivity contribution is 7.90. The lowest BCUT2D eigenvalue weighted by Gasteiger charge is -2.21. The molecule has 20 heavy (non-hydrogen) atoms. The minimum Gasteiger partial charge on any atom is -0.423 e. The highest BCUT2D eigenvalue weighted by Crippen LogP contribution is 2.34. The quantitative estimate of drug-likeness (QED) is 0.667. The van der Waals surface area contributed by atoms with Crippen LogP contribution in [-0.2, 0) is 10.0 Å². The van der Waals surface area contributed by atoms with Gasteiger partial charge in [0.2, 0.25) is 4.90 Å². The zero-order valence-corrected chi connectivity index (χ0v) is 11.5. The third-order valence-electron chi connectivity index (χ3n) is 2.76. The molecule has 2 heterocycles. The minimum atomic E-state index is -4.14. The van der Waals surface area contributed by atoms with Gasteiger partial charge in [0.1, 0.15) is 5.58 Å². The number of rotatable bonds is 0. The lowest BCUT2D eigenvalue weighted by Crippen LogP contribution is -2.33. The monoisotopic (exact) mass is 294 g/mol. The number of fused-ring (bicyclic) bond motifs is 3. The Bertz CT molecular complexity index is 896. The molecular formula is C12H10N2O5S. The van der Waals surface area contributed by atoms with Crippen LogP contribution in [0.2, 0.25) is 0 Å². The molecule has 0 aliphatic carbocycles. The van der Waals surface area contributed by atoms with Gasteiger partial charge in [-0.1, -0.05) is 12.1 Å². The van der Waals surface area contributed by atoms with Crippen LogP contribution in [0.15, 0.2) is 42.8 Å². The van der Waals surface area contributed by atoms with E-state index in [1.165, 1.54) is 4.90 Å². The zero-order valence-electron chi connectivity index (χ0n) is 10.7. The van der Waals surface area contributed by atoms with Crippen molar-refractivity contribution in [1.29, 1.82) is 0 Å². The van der Waals surface area contributed by atoms with E-state index in [1.54, 1.807) is 38.4 Å². The van der Waals surface area contributed by atoms with Gasteiger partial charge in [0.15, 0.2) is 5.75 Å². The van der Waals surface area contributed by atoms with E-state index in [-0.39, 0.29) is 17.4 Å². The fraction of sp³-hybridized carbons (Fsp3) is 0.167. The largest absolute Gasteiger partial charge is 0.423 e. The summed E-state index contributed by atoms with van der Waals surface area (Å²) in [5.41, 5.74) is -0.730. The Hall–Kier alpha value is -2.35. The van der Waals surface area contributed by atoms with Crippen LogP contribution in [0.5, 0.6) is 5.75 Å². The number of amidine groups is 1. The molecule has 0 atom stereocenters. The van der Waals surface area contributed by atoms with E-state index in [0.717, 1.165) is 0 Å². The van der Waals surface area contributed by atoms with Gasteiger partial charge >= 0.3 is 11.6 Å². The first-order valence-electron chi connectivity index (χ1n) is 5.66. The number of ether oxygens (including phenoxy) is 1. The number of para-hydroxylation sites is 1. The van der Waals surface area contributed by atoms with Crippen molar-refractivity contribution < 1.29 is 17.6 Å². The molecule has 7 nitrogen and oxygen atoms in total. The molecule has 1 aliphatic heterocycles. The van der Waals surface area contributed by atoms with Crippen molar-refractivity contribution in [2.45, 2.75) is 4.90 Å². The van der Waals surface area contributed by atoms with Crippen molar-refractivity contribution in [2.75, 3.05) is 14.1 Å². The molecular weight excluding hydrogens is 284 g/mol. The number of sulfonamides is 1. The maximum atomic E-state index is 12.1. The van der Waals surface area contributed by atoms with Crippen LogP contribution in [0.3, 0.4) is 0 Å². The topological polar surface area (TPSA) is 89.2 Å². The van der Waals surface area contributed by atoms with Crippen LogP contribution >= 0.6 is 0 Å². The second kappa shape index (κ2) is 4.07. The van der Waals surface area contributed by atoms with Crippen LogP contribution in [0.25, 0.3) is 11.0 Å². The minimum absolute atomic E-state index is 0.0458. The fourth-order valence-electron chi connectivity index (χ4n) is 1.86. The third kappa shape index (κ3) is 1.76. The van der Waals surface area contributed by atoms with E-state index in [0.29, 0.717) is 5.39 Å². The molecule has 0 saturated heterocycles. The highest BCUT2D eigenvalue weighted by Gasteiger charge is 2.34. The van der Waals surface area contributed by atoms with Gasteiger partial charge < -0.3 is 14.1 Å². The molecule has 1 aromatic heterocycles. The van der Waals surface area contributed by atoms with Crippen molar-refractivity contribution >= 4 is 27.0 Å². The zero-order chi connectivity index (χ0) is 14.5. The lowest BCUT2D eigenvalue weighted by atomic mass is 10.2. The molecule has 2 aromatic rings. The van der Waals surface area contributed by atoms with Crippen LogP contribution in [0.4, 0.5) is 0 Å². The van der Waals surface area contributed by atoms with Gasteiger partial charge in [0, 0.05) is 14.1 Å². The van der Waals surface area contributed by atoms with Crippen molar-refractivity contribution in [3.63, 3.8) is 0 Å². The predicted molar refractivity (Wildman–Crippen MR) is 71.4 cm³/mol. The van der Waals surface area contributed by atoms with Gasteiger partial charge in [-0.05, 0) is 12.1 Å². The maximum absolute atomic E-state index is 12.1. The van der Waals surface area contributed by atoms with E-state index in [4.69, 9.17) is 9.15 Å². The van der Waals surface area contributed by atoms with Crippen LogP contribution in [-0.4, -0.2) is 33.4 Å². The van der Waals surface area contributed by atoms with E-state index < -0.39 is 20.5 Å². The van der Waals surface area contributed by atoms with Crippen LogP contribution in [0.1, 0.15) is 0 Å². The van der Waals surface area contributed by atoms with Gasteiger partial charge in [-0.2, -0.15) is 8.42 Å². The second-order valence-electron chi connectivity index (χ2n) is 4.39. The summed E-state index contributed by atoms with van der Waals surface area (Å²) in [6.45, 7) is 0. The molecule has 0 fully saturated rings. The normalized spacial score (nSPS) is 16.2. The van der Waals surface area contributed by atoms with Crippen LogP contribution in [0, 0.1) is 0 Å². The van der Waals surface area contributed by atoms with Crippen molar-refractivity contribution in [1.82, 2.24) is 4.90 Å². The first kappa shape index (κ1) is 12.7. The first-order valence-corrected chi connectivity index (χ1v) is 7.10. The van der Waals surface area contributed by atoms with E-state index in [9.17, 15) is 13.2 Å². The lowest BCUT2D eigenvalue weighted by molar-refractivity contribution is 0.410. The van der Waals surface area contributed by atoms with Crippen molar-refractivity contribution in [3.8, 4) is 5.75 Å². The average Bonchev–Trinajstić information content (AvgIpc) is 2.36. The molecule has 0 saturated carbocycles. The average molecular weight is 294 g/mol. The molecule has 1 aliphatic rings. The number of benzene rings is 1. The maximum Gasteiger partial charge on any atom is 0.361 e. The molecule has 8 heteroatoms. The van der Waals surface area contributed by atoms with Crippen molar-refractivity contribution in [2.24, 2.45) is 4.40 Å². The second-order valence-corrected chi connectivity index (χ2v) is 5.93.